The van der Waals surface area contributed by atoms with E-state index in [1.165, 1.54) is 0 Å². The second-order valence-corrected chi connectivity index (χ2v) is 17.8. The number of hydrogen-bond donors (Lipinski definition) is 0. The molecule has 0 heterocycles. The molecular formula is C20H36O4Si2. The van der Waals surface area contributed by atoms with Gasteiger partial charge in [0, 0.05) is 12.8 Å². The van der Waals surface area contributed by atoms with E-state index in [0.29, 0.717) is 19.3 Å². The SMILES string of the molecule is C[Si](C)(C)OC(=O)CCCCCC=CCC1=CC(O[Si](C)(C)C)CC1=O. The van der Waals surface area contributed by atoms with Crippen molar-refractivity contribution < 1.29 is 18.4 Å². The van der Waals surface area contributed by atoms with Gasteiger partial charge in [-0.15, -0.1) is 0 Å². The van der Waals surface area contributed by atoms with Crippen molar-refractivity contribution in [3.05, 3.63) is 23.8 Å². The topological polar surface area (TPSA) is 52.6 Å². The van der Waals surface area contributed by atoms with E-state index in [1.807, 2.05) is 25.7 Å². The van der Waals surface area contributed by atoms with Crippen molar-refractivity contribution in [2.24, 2.45) is 0 Å². The Morgan fingerprint density at radius 1 is 1.08 bits per heavy atom. The van der Waals surface area contributed by atoms with Crippen molar-refractivity contribution in [2.45, 2.75) is 90.3 Å². The Hall–Kier alpha value is -0.986. The van der Waals surface area contributed by atoms with Crippen LogP contribution in [0.15, 0.2) is 23.8 Å². The zero-order valence-electron chi connectivity index (χ0n) is 17.4. The lowest BCUT2D eigenvalue weighted by atomic mass is 10.1. The zero-order chi connectivity index (χ0) is 19.8. The van der Waals surface area contributed by atoms with Gasteiger partial charge in [0.05, 0.1) is 6.10 Å². The summed E-state index contributed by atoms with van der Waals surface area (Å²) in [5, 5.41) is 0. The molecule has 1 rings (SSSR count). The van der Waals surface area contributed by atoms with Gasteiger partial charge in [-0.25, -0.2) is 0 Å². The molecular weight excluding hydrogens is 360 g/mol. The molecule has 0 N–H and O–H groups in total. The van der Waals surface area contributed by atoms with Crippen molar-refractivity contribution in [1.82, 2.24) is 0 Å². The van der Waals surface area contributed by atoms with Gasteiger partial charge in [-0.05, 0) is 76.6 Å². The van der Waals surface area contributed by atoms with Crippen LogP contribution in [-0.2, 0) is 18.4 Å². The molecule has 4 nitrogen and oxygen atoms in total. The van der Waals surface area contributed by atoms with Crippen LogP contribution in [-0.4, -0.2) is 34.5 Å². The van der Waals surface area contributed by atoms with Crippen LogP contribution in [0, 0.1) is 0 Å². The van der Waals surface area contributed by atoms with Crippen molar-refractivity contribution in [1.29, 1.82) is 0 Å². The standard InChI is InChI=1S/C20H36O4Si2/c1-25(2,3)23-18-15-17(19(21)16-18)13-11-9-7-8-10-12-14-20(22)24-26(4,5)6/h9,11,15,18H,7-8,10,12-14,16H2,1-6H3. The first-order valence-electron chi connectivity index (χ1n) is 9.75. The van der Waals surface area contributed by atoms with Crippen molar-refractivity contribution in [3.63, 3.8) is 0 Å². The lowest BCUT2D eigenvalue weighted by Crippen LogP contribution is -2.30. The summed E-state index contributed by atoms with van der Waals surface area (Å²) in [6, 6.07) is 0. The molecule has 1 atom stereocenters. The molecule has 0 spiro atoms. The maximum atomic E-state index is 12.0. The molecule has 0 aliphatic heterocycles. The van der Waals surface area contributed by atoms with E-state index in [-0.39, 0.29) is 17.9 Å². The van der Waals surface area contributed by atoms with Gasteiger partial charge >= 0.3 is 0 Å². The summed E-state index contributed by atoms with van der Waals surface area (Å²) in [6.45, 7) is 12.5. The summed E-state index contributed by atoms with van der Waals surface area (Å²) in [6.07, 6.45) is 11.9. The first kappa shape index (κ1) is 23.1. The lowest BCUT2D eigenvalue weighted by molar-refractivity contribution is -0.135. The molecule has 0 amide bonds. The fourth-order valence-electron chi connectivity index (χ4n) is 2.83. The highest BCUT2D eigenvalue weighted by atomic mass is 28.4. The van der Waals surface area contributed by atoms with E-state index in [9.17, 15) is 9.59 Å². The number of carbonyl (C=O) groups is 2. The summed E-state index contributed by atoms with van der Waals surface area (Å²) >= 11 is 0. The highest BCUT2D eigenvalue weighted by molar-refractivity contribution is 6.71. The zero-order valence-corrected chi connectivity index (χ0v) is 19.4. The maximum absolute atomic E-state index is 12.0. The minimum absolute atomic E-state index is 0.0199. The average Bonchev–Trinajstić information content (AvgIpc) is 2.77. The molecule has 0 fully saturated rings. The second kappa shape index (κ2) is 10.4. The normalized spacial score (nSPS) is 18.5. The van der Waals surface area contributed by atoms with Crippen LogP contribution < -0.4 is 0 Å². The predicted molar refractivity (Wildman–Crippen MR) is 112 cm³/mol. The highest BCUT2D eigenvalue weighted by Gasteiger charge is 2.28. The molecule has 0 radical (unpaired) electrons. The molecule has 1 unspecified atom stereocenters. The van der Waals surface area contributed by atoms with Gasteiger partial charge in [0.15, 0.2) is 14.1 Å². The van der Waals surface area contributed by atoms with Crippen LogP contribution >= 0.6 is 0 Å². The number of carbonyl (C=O) groups excluding carboxylic acids is 2. The first-order chi connectivity index (χ1) is 12.0. The van der Waals surface area contributed by atoms with E-state index in [2.05, 4.69) is 31.8 Å². The third-order valence-corrected chi connectivity index (χ3v) is 5.66. The van der Waals surface area contributed by atoms with Gasteiger partial charge in [0.1, 0.15) is 0 Å². The predicted octanol–water partition coefficient (Wildman–Crippen LogP) is 5.38. The molecule has 0 bridgehead atoms. The second-order valence-electron chi connectivity index (χ2n) is 8.95. The Bertz CT molecular complexity index is 539. The van der Waals surface area contributed by atoms with Crippen molar-refractivity contribution in [3.8, 4) is 0 Å². The van der Waals surface area contributed by atoms with Gasteiger partial charge < -0.3 is 8.85 Å². The van der Waals surface area contributed by atoms with Crippen molar-refractivity contribution in [2.75, 3.05) is 0 Å². The van der Waals surface area contributed by atoms with E-state index in [4.69, 9.17) is 8.85 Å². The monoisotopic (exact) mass is 396 g/mol. The van der Waals surface area contributed by atoms with Gasteiger partial charge in [-0.2, -0.15) is 0 Å². The van der Waals surface area contributed by atoms with Gasteiger partial charge in [0.2, 0.25) is 8.32 Å². The van der Waals surface area contributed by atoms with Crippen LogP contribution in [0.3, 0.4) is 0 Å². The average molecular weight is 397 g/mol. The molecule has 1 aliphatic rings. The number of allylic oxidation sites excluding steroid dienone is 3. The first-order valence-corrected chi connectivity index (χ1v) is 16.6. The molecule has 0 aromatic heterocycles. The quantitative estimate of drug-likeness (QED) is 0.267. The van der Waals surface area contributed by atoms with Crippen LogP contribution in [0.25, 0.3) is 0 Å². The highest BCUT2D eigenvalue weighted by Crippen LogP contribution is 2.23. The van der Waals surface area contributed by atoms with Crippen molar-refractivity contribution >= 4 is 28.4 Å². The third-order valence-electron chi connectivity index (χ3n) is 3.81. The van der Waals surface area contributed by atoms with E-state index < -0.39 is 16.6 Å². The van der Waals surface area contributed by atoms with E-state index in [1.54, 1.807) is 0 Å². The van der Waals surface area contributed by atoms with Crippen LogP contribution in [0.1, 0.15) is 44.9 Å². The van der Waals surface area contributed by atoms with Gasteiger partial charge in [-0.3, -0.25) is 9.59 Å². The summed E-state index contributed by atoms with van der Waals surface area (Å²) in [5.74, 6) is 0.167. The molecule has 0 saturated heterocycles. The number of Topliss-reactive ketones (excluding diaryl/α,β-unsaturated/α-hetero) is 1. The minimum Gasteiger partial charge on any atom is -0.520 e. The third kappa shape index (κ3) is 10.9. The van der Waals surface area contributed by atoms with Gasteiger partial charge in [-0.1, -0.05) is 18.6 Å². The Labute approximate surface area is 161 Å². The lowest BCUT2D eigenvalue weighted by Gasteiger charge is -2.21. The molecule has 0 saturated carbocycles. The Morgan fingerprint density at radius 2 is 1.77 bits per heavy atom. The minimum atomic E-state index is -1.74. The summed E-state index contributed by atoms with van der Waals surface area (Å²) in [5.41, 5.74) is 0.888. The molecule has 148 valence electrons. The molecule has 6 heteroatoms. The summed E-state index contributed by atoms with van der Waals surface area (Å²) < 4.78 is 11.4. The summed E-state index contributed by atoms with van der Waals surface area (Å²) in [7, 11) is -3.35. The molecule has 1 aliphatic carbocycles. The fraction of sp³-hybridized carbons (Fsp3) is 0.700. The molecule has 26 heavy (non-hydrogen) atoms. The smallest absolute Gasteiger partial charge is 0.292 e. The molecule has 0 aromatic carbocycles. The fourth-order valence-corrected chi connectivity index (χ4v) is 4.68. The van der Waals surface area contributed by atoms with Crippen LogP contribution in [0.4, 0.5) is 0 Å². The van der Waals surface area contributed by atoms with E-state index in [0.717, 1.165) is 31.3 Å². The van der Waals surface area contributed by atoms with E-state index >= 15 is 0 Å². The number of ketones is 1. The Balaban J connectivity index is 2.17. The Kier molecular flexibility index (Phi) is 9.20. The summed E-state index contributed by atoms with van der Waals surface area (Å²) in [4.78, 5) is 23.7. The van der Waals surface area contributed by atoms with Gasteiger partial charge in [0.25, 0.3) is 5.97 Å². The number of rotatable bonds is 11. The molecule has 0 aromatic rings. The maximum Gasteiger partial charge on any atom is 0.292 e. The largest absolute Gasteiger partial charge is 0.520 e. The number of unbranched alkanes of at least 4 members (excludes halogenated alkanes) is 3. The van der Waals surface area contributed by atoms with Crippen LogP contribution in [0.2, 0.25) is 39.3 Å². The van der Waals surface area contributed by atoms with Crippen LogP contribution in [0.5, 0.6) is 0 Å². The Morgan fingerprint density at radius 3 is 2.38 bits per heavy atom. The number of hydrogen-bond acceptors (Lipinski definition) is 4.